The van der Waals surface area contributed by atoms with Crippen molar-refractivity contribution in [2.75, 3.05) is 19.6 Å². The van der Waals surface area contributed by atoms with Gasteiger partial charge in [-0.25, -0.2) is 4.52 Å². The van der Waals surface area contributed by atoms with Crippen LogP contribution in [0, 0.1) is 13.8 Å². The molecule has 1 aliphatic heterocycles. The number of imidazole rings is 1. The maximum atomic E-state index is 12.9. The number of hydrogen-bond donors (Lipinski definition) is 0. The number of piperazine rings is 1. The van der Waals surface area contributed by atoms with Crippen molar-refractivity contribution < 1.29 is 9.59 Å². The first-order chi connectivity index (χ1) is 12.9. The molecule has 0 N–H and O–H groups in total. The number of carbonyl (C=O) groups excluding carboxylic acids is 2. The number of aromatic nitrogens is 3. The van der Waals surface area contributed by atoms with Gasteiger partial charge in [0.2, 0.25) is 5.91 Å². The van der Waals surface area contributed by atoms with Crippen LogP contribution < -0.4 is 0 Å². The van der Waals surface area contributed by atoms with Crippen LogP contribution in [0.3, 0.4) is 0 Å². The Labute approximate surface area is 157 Å². The summed E-state index contributed by atoms with van der Waals surface area (Å²) in [6.45, 7) is 5.90. The second-order valence-corrected chi connectivity index (χ2v) is 7.20. The van der Waals surface area contributed by atoms with Crippen molar-refractivity contribution in [3.8, 4) is 0 Å². The van der Waals surface area contributed by atoms with Gasteiger partial charge in [0.15, 0.2) is 0 Å². The summed E-state index contributed by atoms with van der Waals surface area (Å²) in [7, 11) is 1.88. The van der Waals surface area contributed by atoms with E-state index in [4.69, 9.17) is 0 Å². The molecule has 0 bridgehead atoms. The summed E-state index contributed by atoms with van der Waals surface area (Å²) in [6.07, 6.45) is 5.23. The fourth-order valence-electron chi connectivity index (χ4n) is 3.54. The van der Waals surface area contributed by atoms with Crippen LogP contribution in [0.1, 0.15) is 27.0 Å². The predicted molar refractivity (Wildman–Crippen MR) is 101 cm³/mol. The van der Waals surface area contributed by atoms with E-state index in [-0.39, 0.29) is 18.4 Å². The Balaban J connectivity index is 1.46. The van der Waals surface area contributed by atoms with Gasteiger partial charge in [0.25, 0.3) is 5.91 Å². The molecule has 3 aromatic rings. The van der Waals surface area contributed by atoms with Gasteiger partial charge in [-0.05, 0) is 30.5 Å². The molecule has 0 atom stereocenters. The van der Waals surface area contributed by atoms with E-state index in [1.807, 2.05) is 22.7 Å². The highest BCUT2D eigenvalue weighted by Crippen LogP contribution is 2.17. The van der Waals surface area contributed by atoms with Gasteiger partial charge in [-0.1, -0.05) is 18.2 Å². The highest BCUT2D eigenvalue weighted by atomic mass is 16.2. The molecule has 0 radical (unpaired) electrons. The molecule has 2 amide bonds. The van der Waals surface area contributed by atoms with Crippen molar-refractivity contribution in [1.29, 1.82) is 0 Å². The van der Waals surface area contributed by atoms with Crippen molar-refractivity contribution in [2.24, 2.45) is 7.05 Å². The predicted octanol–water partition coefficient (Wildman–Crippen LogP) is 1.77. The Bertz CT molecular complexity index is 1030. The molecule has 1 aliphatic rings. The van der Waals surface area contributed by atoms with Crippen LogP contribution in [0.25, 0.3) is 5.65 Å². The zero-order valence-corrected chi connectivity index (χ0v) is 15.8. The average Bonchev–Trinajstić information content (AvgIpc) is 3.22. The van der Waals surface area contributed by atoms with Crippen LogP contribution in [0.5, 0.6) is 0 Å². The molecular formula is C20H23N5O2. The number of nitrogens with zero attached hydrogens (tertiary/aromatic N) is 5. The fourth-order valence-corrected chi connectivity index (χ4v) is 3.54. The van der Waals surface area contributed by atoms with Crippen LogP contribution >= 0.6 is 0 Å². The molecule has 0 saturated carbocycles. The van der Waals surface area contributed by atoms with Gasteiger partial charge in [-0.3, -0.25) is 9.59 Å². The SMILES string of the molecule is Cc1ccc(CN2CCN(C(=O)c3cnn4ccn(C)c34)CC2=O)cc1C. The van der Waals surface area contributed by atoms with Crippen molar-refractivity contribution in [3.05, 3.63) is 59.0 Å². The zero-order chi connectivity index (χ0) is 19.1. The lowest BCUT2D eigenvalue weighted by Crippen LogP contribution is -2.51. The third kappa shape index (κ3) is 3.09. The molecule has 2 aromatic heterocycles. The molecule has 7 heteroatoms. The Kier molecular flexibility index (Phi) is 4.22. The molecule has 1 saturated heterocycles. The molecule has 27 heavy (non-hydrogen) atoms. The summed E-state index contributed by atoms with van der Waals surface area (Å²) in [5.41, 5.74) is 4.85. The quantitative estimate of drug-likeness (QED) is 0.711. The number of amides is 2. The molecule has 1 fully saturated rings. The van der Waals surface area contributed by atoms with Crippen molar-refractivity contribution in [2.45, 2.75) is 20.4 Å². The molecule has 0 spiro atoms. The number of fused-ring (bicyclic) bond motifs is 1. The minimum atomic E-state index is -0.147. The molecule has 140 valence electrons. The fraction of sp³-hybridized carbons (Fsp3) is 0.350. The second kappa shape index (κ2) is 6.57. The molecule has 0 aliphatic carbocycles. The third-order valence-electron chi connectivity index (χ3n) is 5.32. The van der Waals surface area contributed by atoms with Gasteiger partial charge < -0.3 is 14.4 Å². The molecule has 4 rings (SSSR count). The van der Waals surface area contributed by atoms with Crippen molar-refractivity contribution in [3.63, 3.8) is 0 Å². The first kappa shape index (κ1) is 17.3. The van der Waals surface area contributed by atoms with Crippen LogP contribution in [0.2, 0.25) is 0 Å². The summed E-state index contributed by atoms with van der Waals surface area (Å²) in [5.74, 6) is -0.172. The monoisotopic (exact) mass is 365 g/mol. The van der Waals surface area contributed by atoms with E-state index in [0.29, 0.717) is 25.2 Å². The first-order valence-corrected chi connectivity index (χ1v) is 9.06. The lowest BCUT2D eigenvalue weighted by atomic mass is 10.1. The maximum Gasteiger partial charge on any atom is 0.259 e. The Morgan fingerprint density at radius 3 is 2.70 bits per heavy atom. The minimum absolute atomic E-state index is 0.0249. The van der Waals surface area contributed by atoms with E-state index >= 15 is 0 Å². The number of hydrogen-bond acceptors (Lipinski definition) is 3. The van der Waals surface area contributed by atoms with E-state index in [1.54, 1.807) is 21.8 Å². The van der Waals surface area contributed by atoms with Crippen molar-refractivity contribution >= 4 is 17.5 Å². The topological polar surface area (TPSA) is 62.8 Å². The van der Waals surface area contributed by atoms with Gasteiger partial charge in [-0.2, -0.15) is 5.10 Å². The summed E-state index contributed by atoms with van der Waals surface area (Å²) in [4.78, 5) is 29.0. The van der Waals surface area contributed by atoms with E-state index in [0.717, 1.165) is 11.2 Å². The Morgan fingerprint density at radius 1 is 1.15 bits per heavy atom. The molecular weight excluding hydrogens is 342 g/mol. The van der Waals surface area contributed by atoms with Crippen LogP contribution in [-0.2, 0) is 18.4 Å². The summed E-state index contributed by atoms with van der Waals surface area (Å²) in [6, 6.07) is 6.27. The van der Waals surface area contributed by atoms with E-state index in [9.17, 15) is 9.59 Å². The Hall–Kier alpha value is -3.09. The highest BCUT2D eigenvalue weighted by Gasteiger charge is 2.29. The largest absolute Gasteiger partial charge is 0.335 e. The smallest absolute Gasteiger partial charge is 0.259 e. The van der Waals surface area contributed by atoms with E-state index in [2.05, 4.69) is 37.1 Å². The number of benzene rings is 1. The third-order valence-corrected chi connectivity index (χ3v) is 5.32. The molecule has 7 nitrogen and oxygen atoms in total. The molecule has 1 aromatic carbocycles. The summed E-state index contributed by atoms with van der Waals surface area (Å²) < 4.78 is 3.53. The van der Waals surface area contributed by atoms with Gasteiger partial charge in [-0.15, -0.1) is 0 Å². The first-order valence-electron chi connectivity index (χ1n) is 9.06. The number of aryl methyl sites for hydroxylation is 3. The number of carbonyl (C=O) groups is 2. The summed E-state index contributed by atoms with van der Waals surface area (Å²) in [5, 5.41) is 4.21. The van der Waals surface area contributed by atoms with Crippen LogP contribution in [-0.4, -0.2) is 55.4 Å². The normalized spacial score (nSPS) is 15.0. The highest BCUT2D eigenvalue weighted by molar-refractivity contribution is 6.01. The molecule has 0 unspecified atom stereocenters. The van der Waals surface area contributed by atoms with Crippen LogP contribution in [0.4, 0.5) is 0 Å². The van der Waals surface area contributed by atoms with Gasteiger partial charge in [0, 0.05) is 39.1 Å². The zero-order valence-electron chi connectivity index (χ0n) is 15.8. The van der Waals surface area contributed by atoms with Crippen molar-refractivity contribution in [1.82, 2.24) is 24.0 Å². The standard InChI is InChI=1S/C20H23N5O2/c1-14-4-5-16(10-15(14)2)12-23-7-8-24(13-18(23)26)20(27)17-11-21-25-9-6-22(3)19(17)25/h4-6,9-11H,7-8,12-13H2,1-3H3. The van der Waals surface area contributed by atoms with Gasteiger partial charge in [0.05, 0.1) is 6.20 Å². The average molecular weight is 365 g/mol. The maximum absolute atomic E-state index is 12.9. The number of rotatable bonds is 3. The minimum Gasteiger partial charge on any atom is -0.335 e. The van der Waals surface area contributed by atoms with E-state index in [1.165, 1.54) is 11.1 Å². The van der Waals surface area contributed by atoms with Gasteiger partial charge >= 0.3 is 0 Å². The van der Waals surface area contributed by atoms with Crippen LogP contribution in [0.15, 0.2) is 36.8 Å². The lowest BCUT2D eigenvalue weighted by molar-refractivity contribution is -0.135. The second-order valence-electron chi connectivity index (χ2n) is 7.20. The van der Waals surface area contributed by atoms with Gasteiger partial charge in [0.1, 0.15) is 17.8 Å². The summed E-state index contributed by atoms with van der Waals surface area (Å²) >= 11 is 0. The van der Waals surface area contributed by atoms with E-state index < -0.39 is 0 Å². The lowest BCUT2D eigenvalue weighted by Gasteiger charge is -2.34. The molecule has 3 heterocycles. The Morgan fingerprint density at radius 2 is 1.96 bits per heavy atom.